The summed E-state index contributed by atoms with van der Waals surface area (Å²) >= 11 is 7.11. The molecule has 0 aromatic carbocycles. The van der Waals surface area contributed by atoms with Gasteiger partial charge >= 0.3 is 5.97 Å². The lowest BCUT2D eigenvalue weighted by molar-refractivity contribution is 0.0601. The molecule has 0 spiro atoms. The highest BCUT2D eigenvalue weighted by Gasteiger charge is 2.24. The van der Waals surface area contributed by atoms with Crippen LogP contribution in [0.4, 0.5) is 5.00 Å². The van der Waals surface area contributed by atoms with Crippen molar-refractivity contribution in [1.29, 1.82) is 0 Å². The van der Waals surface area contributed by atoms with Gasteiger partial charge < -0.3 is 15.0 Å². The number of hydrogen-bond donors (Lipinski definition) is 1. The van der Waals surface area contributed by atoms with E-state index in [0.717, 1.165) is 53.7 Å². The monoisotopic (exact) mass is 340 g/mol. The molecule has 2 rings (SSSR count). The highest BCUT2D eigenvalue weighted by atomic mass is 32.1. The molecule has 1 aromatic rings. The van der Waals surface area contributed by atoms with Gasteiger partial charge in [-0.2, -0.15) is 0 Å². The largest absolute Gasteiger partial charge is 0.465 e. The quantitative estimate of drug-likeness (QED) is 0.669. The Hall–Kier alpha value is -1.14. The maximum absolute atomic E-state index is 12.1. The zero-order valence-electron chi connectivity index (χ0n) is 13.7. The number of thiocarbonyl (C=S) groups is 1. The van der Waals surface area contributed by atoms with Gasteiger partial charge in [-0.05, 0) is 49.9 Å². The normalized spacial score (nSPS) is 15.7. The molecule has 0 atom stereocenters. The van der Waals surface area contributed by atoms with Crippen LogP contribution in [0.2, 0.25) is 0 Å². The molecule has 1 fully saturated rings. The summed E-state index contributed by atoms with van der Waals surface area (Å²) in [5.41, 5.74) is 1.69. The van der Waals surface area contributed by atoms with Gasteiger partial charge in [0.2, 0.25) is 0 Å². The topological polar surface area (TPSA) is 41.6 Å². The van der Waals surface area contributed by atoms with E-state index in [1.165, 1.54) is 7.11 Å². The van der Waals surface area contributed by atoms with Crippen LogP contribution in [0.5, 0.6) is 0 Å². The zero-order chi connectivity index (χ0) is 16.3. The van der Waals surface area contributed by atoms with E-state index < -0.39 is 0 Å². The average Bonchev–Trinajstić information content (AvgIpc) is 2.82. The molecule has 1 aromatic heterocycles. The summed E-state index contributed by atoms with van der Waals surface area (Å²) in [4.78, 5) is 15.4. The maximum Gasteiger partial charge on any atom is 0.341 e. The molecular formula is C16H24N2O2S2. The number of esters is 1. The summed E-state index contributed by atoms with van der Waals surface area (Å²) in [5, 5.41) is 4.80. The fourth-order valence-corrected chi connectivity index (χ4v) is 4.28. The molecule has 0 unspecified atom stereocenters. The van der Waals surface area contributed by atoms with Crippen molar-refractivity contribution in [1.82, 2.24) is 4.90 Å². The van der Waals surface area contributed by atoms with E-state index in [1.54, 1.807) is 11.3 Å². The van der Waals surface area contributed by atoms with Gasteiger partial charge in [0.1, 0.15) is 5.00 Å². The molecule has 1 N–H and O–H groups in total. The van der Waals surface area contributed by atoms with Gasteiger partial charge in [-0.15, -0.1) is 11.3 Å². The Morgan fingerprint density at radius 1 is 1.45 bits per heavy atom. The van der Waals surface area contributed by atoms with E-state index in [4.69, 9.17) is 17.0 Å². The lowest BCUT2D eigenvalue weighted by Crippen LogP contribution is -2.40. The Kier molecular flexibility index (Phi) is 5.81. The van der Waals surface area contributed by atoms with Crippen molar-refractivity contribution in [2.24, 2.45) is 5.92 Å². The second kappa shape index (κ2) is 7.42. The van der Waals surface area contributed by atoms with Gasteiger partial charge in [0.25, 0.3) is 0 Å². The number of carbonyl (C=O) groups excluding carboxylic acids is 1. The third-order valence-corrected chi connectivity index (χ3v) is 5.67. The predicted octanol–water partition coefficient (Wildman–Crippen LogP) is 3.83. The number of aryl methyl sites for hydroxylation is 1. The smallest absolute Gasteiger partial charge is 0.341 e. The number of ether oxygens (including phenoxy) is 1. The van der Waals surface area contributed by atoms with Crippen molar-refractivity contribution in [3.8, 4) is 0 Å². The van der Waals surface area contributed by atoms with Crippen LogP contribution in [-0.4, -0.2) is 36.2 Å². The van der Waals surface area contributed by atoms with E-state index >= 15 is 0 Å². The summed E-state index contributed by atoms with van der Waals surface area (Å²) in [6, 6.07) is 0. The first-order valence-corrected chi connectivity index (χ1v) is 8.96. The minimum Gasteiger partial charge on any atom is -0.465 e. The number of hydrogen-bond acceptors (Lipinski definition) is 4. The molecule has 1 saturated heterocycles. The van der Waals surface area contributed by atoms with Crippen LogP contribution in [0.1, 0.15) is 47.5 Å². The van der Waals surface area contributed by atoms with Gasteiger partial charge in [-0.3, -0.25) is 0 Å². The molecule has 0 saturated carbocycles. The first-order valence-electron chi connectivity index (χ1n) is 7.74. The third kappa shape index (κ3) is 3.60. The zero-order valence-corrected chi connectivity index (χ0v) is 15.3. The third-order valence-electron chi connectivity index (χ3n) is 4.24. The molecule has 122 valence electrons. The lowest BCUT2D eigenvalue weighted by Gasteiger charge is -2.32. The molecule has 0 aliphatic carbocycles. The van der Waals surface area contributed by atoms with Crippen molar-refractivity contribution >= 4 is 39.6 Å². The number of likely N-dealkylation sites (tertiary alicyclic amines) is 1. The fraction of sp³-hybridized carbons (Fsp3) is 0.625. The van der Waals surface area contributed by atoms with Crippen LogP contribution in [-0.2, 0) is 11.2 Å². The summed E-state index contributed by atoms with van der Waals surface area (Å²) in [6.45, 7) is 8.32. The minimum atomic E-state index is -0.293. The second-order valence-electron chi connectivity index (χ2n) is 5.79. The molecule has 2 heterocycles. The standard InChI is InChI=1S/C16H24N2O2S2/c1-5-12-11(3)22-14(13(12)15(19)20-4)17-16(21)18-8-6-10(2)7-9-18/h10H,5-9H2,1-4H3,(H,17,21). The lowest BCUT2D eigenvalue weighted by atomic mass is 10.00. The van der Waals surface area contributed by atoms with Gasteiger partial charge in [0.15, 0.2) is 5.11 Å². The van der Waals surface area contributed by atoms with Crippen LogP contribution in [0.25, 0.3) is 0 Å². The Morgan fingerprint density at radius 2 is 2.09 bits per heavy atom. The first-order chi connectivity index (χ1) is 10.5. The van der Waals surface area contributed by atoms with Crippen molar-refractivity contribution in [2.45, 2.75) is 40.0 Å². The molecule has 1 aliphatic heterocycles. The van der Waals surface area contributed by atoms with Gasteiger partial charge in [0.05, 0.1) is 12.7 Å². The van der Waals surface area contributed by atoms with Gasteiger partial charge in [0, 0.05) is 18.0 Å². The number of methoxy groups -OCH3 is 1. The van der Waals surface area contributed by atoms with Crippen LogP contribution in [0.3, 0.4) is 0 Å². The number of nitrogens with zero attached hydrogens (tertiary/aromatic N) is 1. The molecule has 0 amide bonds. The fourth-order valence-electron chi connectivity index (χ4n) is 2.80. The van der Waals surface area contributed by atoms with Crippen molar-refractivity contribution in [2.75, 3.05) is 25.5 Å². The van der Waals surface area contributed by atoms with Gasteiger partial charge in [-0.1, -0.05) is 13.8 Å². The van der Waals surface area contributed by atoms with Crippen molar-refractivity contribution in [3.63, 3.8) is 0 Å². The van der Waals surface area contributed by atoms with E-state index in [9.17, 15) is 4.79 Å². The Morgan fingerprint density at radius 3 is 2.64 bits per heavy atom. The van der Waals surface area contributed by atoms with Crippen LogP contribution < -0.4 is 5.32 Å². The highest BCUT2D eigenvalue weighted by molar-refractivity contribution is 7.80. The molecule has 0 bridgehead atoms. The summed E-state index contributed by atoms with van der Waals surface area (Å²) in [7, 11) is 1.42. The number of piperidine rings is 1. The molecule has 4 nitrogen and oxygen atoms in total. The summed E-state index contributed by atoms with van der Waals surface area (Å²) < 4.78 is 4.94. The van der Waals surface area contributed by atoms with Gasteiger partial charge in [-0.25, -0.2) is 4.79 Å². The number of thiophene rings is 1. The second-order valence-corrected chi connectivity index (χ2v) is 7.40. The molecule has 22 heavy (non-hydrogen) atoms. The Labute approximate surface area is 141 Å². The van der Waals surface area contributed by atoms with E-state index in [-0.39, 0.29) is 5.97 Å². The van der Waals surface area contributed by atoms with Crippen LogP contribution in [0.15, 0.2) is 0 Å². The summed E-state index contributed by atoms with van der Waals surface area (Å²) in [5.74, 6) is 0.471. The van der Waals surface area contributed by atoms with Crippen molar-refractivity contribution < 1.29 is 9.53 Å². The highest BCUT2D eigenvalue weighted by Crippen LogP contribution is 2.34. The number of carbonyl (C=O) groups is 1. The Balaban J connectivity index is 2.18. The van der Waals surface area contributed by atoms with Crippen LogP contribution >= 0.6 is 23.6 Å². The molecule has 0 radical (unpaired) electrons. The summed E-state index contributed by atoms with van der Waals surface area (Å²) in [6.07, 6.45) is 3.13. The predicted molar refractivity (Wildman–Crippen MR) is 96.0 cm³/mol. The molecular weight excluding hydrogens is 316 g/mol. The van der Waals surface area contributed by atoms with E-state index in [0.29, 0.717) is 10.7 Å². The number of nitrogens with one attached hydrogen (secondary N) is 1. The molecule has 1 aliphatic rings. The molecule has 6 heteroatoms. The Bertz CT molecular complexity index is 561. The number of anilines is 1. The maximum atomic E-state index is 12.1. The SMILES string of the molecule is CCc1c(C)sc(NC(=S)N2CCC(C)CC2)c1C(=O)OC. The minimum absolute atomic E-state index is 0.293. The van der Waals surface area contributed by atoms with Crippen molar-refractivity contribution in [3.05, 3.63) is 16.0 Å². The van der Waals surface area contributed by atoms with E-state index in [1.807, 2.05) is 6.92 Å². The average molecular weight is 341 g/mol. The van der Waals surface area contributed by atoms with E-state index in [2.05, 4.69) is 24.1 Å². The number of rotatable bonds is 3. The first kappa shape index (κ1) is 17.2. The van der Waals surface area contributed by atoms with Crippen LogP contribution in [0, 0.1) is 12.8 Å².